The highest BCUT2D eigenvalue weighted by Gasteiger charge is 2.45. The lowest BCUT2D eigenvalue weighted by Gasteiger charge is -2.46. The van der Waals surface area contributed by atoms with Crippen molar-refractivity contribution in [1.82, 2.24) is 0 Å². The van der Waals surface area contributed by atoms with Crippen molar-refractivity contribution >= 4 is 10.1 Å². The number of aryl methyl sites for hydroxylation is 1. The molecule has 100 valence electrons. The molecule has 18 heavy (non-hydrogen) atoms. The van der Waals surface area contributed by atoms with Crippen LogP contribution in [-0.4, -0.2) is 24.7 Å². The van der Waals surface area contributed by atoms with Crippen LogP contribution in [-0.2, 0) is 15.5 Å². The molecule has 0 unspecified atom stereocenters. The maximum Gasteiger partial charge on any atom is 0.294 e. The van der Waals surface area contributed by atoms with Gasteiger partial charge in [-0.25, -0.2) is 0 Å². The zero-order valence-electron chi connectivity index (χ0n) is 10.5. The molecule has 2 rings (SSSR count). The molecule has 0 spiro atoms. The summed E-state index contributed by atoms with van der Waals surface area (Å²) in [5.74, 6) is 0.465. The summed E-state index contributed by atoms with van der Waals surface area (Å²) in [5, 5.41) is 9.61. The summed E-state index contributed by atoms with van der Waals surface area (Å²) in [7, 11) is -4.25. The van der Waals surface area contributed by atoms with E-state index < -0.39 is 15.5 Å². The Morgan fingerprint density at radius 1 is 1.39 bits per heavy atom. The fourth-order valence-electron chi connectivity index (χ4n) is 2.99. The largest absolute Gasteiger partial charge is 0.395 e. The van der Waals surface area contributed by atoms with Gasteiger partial charge in [-0.2, -0.15) is 8.42 Å². The first-order valence-corrected chi connectivity index (χ1v) is 7.42. The van der Waals surface area contributed by atoms with Gasteiger partial charge in [0.05, 0.1) is 11.5 Å². The Balaban J connectivity index is 2.59. The van der Waals surface area contributed by atoms with E-state index in [4.69, 9.17) is 0 Å². The molecular weight excluding hydrogens is 252 g/mol. The molecule has 0 bridgehead atoms. The van der Waals surface area contributed by atoms with Gasteiger partial charge in [0.15, 0.2) is 0 Å². The van der Waals surface area contributed by atoms with Crippen molar-refractivity contribution in [1.29, 1.82) is 0 Å². The van der Waals surface area contributed by atoms with Crippen molar-refractivity contribution in [3.63, 3.8) is 0 Å². The van der Waals surface area contributed by atoms with Crippen molar-refractivity contribution in [2.75, 3.05) is 6.61 Å². The molecule has 1 aliphatic rings. The Kier molecular flexibility index (Phi) is 3.25. The fourth-order valence-corrected chi connectivity index (χ4v) is 3.79. The molecule has 0 aliphatic heterocycles. The molecule has 4 nitrogen and oxygen atoms in total. The van der Waals surface area contributed by atoms with Crippen molar-refractivity contribution in [2.45, 2.75) is 37.0 Å². The molecule has 1 aromatic carbocycles. The molecule has 0 amide bonds. The normalized spacial score (nSPS) is 27.9. The summed E-state index contributed by atoms with van der Waals surface area (Å²) in [5.41, 5.74) is 0.951. The molecule has 2 N–H and O–H groups in total. The minimum Gasteiger partial charge on any atom is -0.395 e. The standard InChI is InChI=1S/C13H18O4S/c1-9-3-4-12(18(15,16)17)11(5-9)13(8-14)6-10(2)7-13/h3-5,10,14H,6-8H2,1-2H3,(H,15,16,17). The van der Waals surface area contributed by atoms with Gasteiger partial charge in [-0.1, -0.05) is 24.6 Å². The Hall–Kier alpha value is -0.910. The second-order valence-electron chi connectivity index (χ2n) is 5.43. The first-order valence-electron chi connectivity index (χ1n) is 5.98. The van der Waals surface area contributed by atoms with E-state index in [1.165, 1.54) is 6.07 Å². The number of hydrogen-bond acceptors (Lipinski definition) is 3. The Labute approximate surface area is 107 Å². The van der Waals surface area contributed by atoms with Gasteiger partial charge in [0.1, 0.15) is 0 Å². The van der Waals surface area contributed by atoms with Gasteiger partial charge >= 0.3 is 0 Å². The highest BCUT2D eigenvalue weighted by molar-refractivity contribution is 7.85. The van der Waals surface area contributed by atoms with Crippen molar-refractivity contribution in [3.8, 4) is 0 Å². The molecular formula is C13H18O4S. The summed E-state index contributed by atoms with van der Waals surface area (Å²) in [6, 6.07) is 4.82. The lowest BCUT2D eigenvalue weighted by Crippen LogP contribution is -2.44. The van der Waals surface area contributed by atoms with Crippen LogP contribution in [0.3, 0.4) is 0 Å². The maximum atomic E-state index is 11.4. The average Bonchev–Trinajstić information content (AvgIpc) is 2.22. The van der Waals surface area contributed by atoms with Gasteiger partial charge in [0.25, 0.3) is 10.1 Å². The van der Waals surface area contributed by atoms with Crippen LogP contribution in [0.5, 0.6) is 0 Å². The molecule has 1 fully saturated rings. The average molecular weight is 270 g/mol. The highest BCUT2D eigenvalue weighted by Crippen LogP contribution is 2.49. The predicted molar refractivity (Wildman–Crippen MR) is 68.2 cm³/mol. The van der Waals surface area contributed by atoms with Gasteiger partial charge in [-0.05, 0) is 37.3 Å². The van der Waals surface area contributed by atoms with E-state index >= 15 is 0 Å². The van der Waals surface area contributed by atoms with E-state index in [0.29, 0.717) is 11.5 Å². The van der Waals surface area contributed by atoms with Crippen LogP contribution >= 0.6 is 0 Å². The third kappa shape index (κ3) is 2.18. The van der Waals surface area contributed by atoms with E-state index in [1.807, 2.05) is 6.92 Å². The topological polar surface area (TPSA) is 74.6 Å². The van der Waals surface area contributed by atoms with Crippen LogP contribution in [0, 0.1) is 12.8 Å². The third-order valence-corrected chi connectivity index (χ3v) is 4.68. The van der Waals surface area contributed by atoms with Gasteiger partial charge in [0, 0.05) is 5.41 Å². The van der Waals surface area contributed by atoms with Crippen LogP contribution < -0.4 is 0 Å². The van der Waals surface area contributed by atoms with E-state index in [0.717, 1.165) is 18.4 Å². The van der Waals surface area contributed by atoms with Crippen LogP contribution in [0.25, 0.3) is 0 Å². The van der Waals surface area contributed by atoms with Gasteiger partial charge in [-0.3, -0.25) is 4.55 Å². The summed E-state index contributed by atoms with van der Waals surface area (Å²) in [6.45, 7) is 3.84. The zero-order valence-corrected chi connectivity index (χ0v) is 11.4. The van der Waals surface area contributed by atoms with Crippen molar-refractivity contribution in [3.05, 3.63) is 29.3 Å². The molecule has 0 heterocycles. The summed E-state index contributed by atoms with van der Waals surface area (Å²) < 4.78 is 32.1. The zero-order chi connectivity index (χ0) is 13.6. The molecule has 0 atom stereocenters. The summed E-state index contributed by atoms with van der Waals surface area (Å²) >= 11 is 0. The minimum absolute atomic E-state index is 0.0750. The smallest absolute Gasteiger partial charge is 0.294 e. The fraction of sp³-hybridized carbons (Fsp3) is 0.538. The highest BCUT2D eigenvalue weighted by atomic mass is 32.2. The van der Waals surface area contributed by atoms with Crippen LogP contribution in [0.1, 0.15) is 30.9 Å². The molecule has 1 aromatic rings. The van der Waals surface area contributed by atoms with Crippen LogP contribution in [0.2, 0.25) is 0 Å². The van der Waals surface area contributed by atoms with E-state index in [9.17, 15) is 18.1 Å². The van der Waals surface area contributed by atoms with Crippen molar-refractivity contribution in [2.24, 2.45) is 5.92 Å². The Bertz CT molecular complexity index is 556. The number of aliphatic hydroxyl groups is 1. The van der Waals surface area contributed by atoms with E-state index in [1.54, 1.807) is 12.1 Å². The predicted octanol–water partition coefficient (Wildman–Crippen LogP) is 1.90. The Morgan fingerprint density at radius 3 is 2.44 bits per heavy atom. The number of rotatable bonds is 3. The lowest BCUT2D eigenvalue weighted by atomic mass is 9.59. The minimum atomic E-state index is -4.25. The first kappa shape index (κ1) is 13.5. The van der Waals surface area contributed by atoms with Gasteiger partial charge in [-0.15, -0.1) is 0 Å². The monoisotopic (exact) mass is 270 g/mol. The molecule has 0 radical (unpaired) electrons. The molecule has 1 aliphatic carbocycles. The second kappa shape index (κ2) is 4.33. The van der Waals surface area contributed by atoms with Gasteiger partial charge in [0.2, 0.25) is 0 Å². The lowest BCUT2D eigenvalue weighted by molar-refractivity contribution is 0.0723. The molecule has 5 heteroatoms. The van der Waals surface area contributed by atoms with Gasteiger partial charge < -0.3 is 5.11 Å². The van der Waals surface area contributed by atoms with Crippen molar-refractivity contribution < 1.29 is 18.1 Å². The molecule has 0 aromatic heterocycles. The number of hydrogen-bond donors (Lipinski definition) is 2. The van der Waals surface area contributed by atoms with Crippen LogP contribution in [0.15, 0.2) is 23.1 Å². The number of benzene rings is 1. The molecule has 1 saturated carbocycles. The summed E-state index contributed by atoms with van der Waals surface area (Å²) in [6.07, 6.45) is 1.49. The Morgan fingerprint density at radius 2 is 2.00 bits per heavy atom. The van der Waals surface area contributed by atoms with Crippen LogP contribution in [0.4, 0.5) is 0 Å². The molecule has 0 saturated heterocycles. The quantitative estimate of drug-likeness (QED) is 0.823. The maximum absolute atomic E-state index is 11.4. The number of aliphatic hydroxyl groups excluding tert-OH is 1. The first-order chi connectivity index (χ1) is 8.28. The second-order valence-corrected chi connectivity index (χ2v) is 6.82. The third-order valence-electron chi connectivity index (χ3n) is 3.77. The van der Waals surface area contributed by atoms with E-state index in [-0.39, 0.29) is 11.5 Å². The summed E-state index contributed by atoms with van der Waals surface area (Å²) in [4.78, 5) is -0.0750. The SMILES string of the molecule is Cc1ccc(S(=O)(=O)O)c(C2(CO)CC(C)C2)c1. The van der Waals surface area contributed by atoms with E-state index in [2.05, 4.69) is 6.92 Å².